The fourth-order valence-electron chi connectivity index (χ4n) is 3.48. The fourth-order valence-corrected chi connectivity index (χ4v) is 3.48. The van der Waals surface area contributed by atoms with Crippen LogP contribution in [0.25, 0.3) is 11.0 Å². The molecule has 3 aromatic carbocycles. The molecule has 1 unspecified atom stereocenters. The van der Waals surface area contributed by atoms with Crippen molar-refractivity contribution in [1.29, 1.82) is 0 Å². The molecule has 0 spiro atoms. The number of carbonyl (C=O) groups is 2. The third-order valence-corrected chi connectivity index (χ3v) is 5.16. The van der Waals surface area contributed by atoms with Crippen LogP contribution in [0, 0.1) is 0 Å². The lowest BCUT2D eigenvalue weighted by Crippen LogP contribution is -2.42. The first-order valence-electron chi connectivity index (χ1n) is 10.4. The third-order valence-electron chi connectivity index (χ3n) is 5.16. The number of rotatable bonds is 9. The topological polar surface area (TPSA) is 107 Å². The fraction of sp³-hybridized carbons (Fsp3) is 0.160. The summed E-state index contributed by atoms with van der Waals surface area (Å²) in [4.78, 5) is 31.9. The molecule has 0 fully saturated rings. The zero-order valence-electron chi connectivity index (χ0n) is 17.4. The van der Waals surface area contributed by atoms with Crippen LogP contribution in [0.15, 0.2) is 78.9 Å². The molecule has 4 rings (SSSR count). The second kappa shape index (κ2) is 9.89. The summed E-state index contributed by atoms with van der Waals surface area (Å²) in [7, 11) is 0. The molecule has 0 saturated carbocycles. The summed E-state index contributed by atoms with van der Waals surface area (Å²) >= 11 is 0. The van der Waals surface area contributed by atoms with Crippen molar-refractivity contribution in [2.45, 2.75) is 25.6 Å². The van der Waals surface area contributed by atoms with Crippen LogP contribution in [0.2, 0.25) is 0 Å². The maximum absolute atomic E-state index is 12.5. The van der Waals surface area contributed by atoms with Crippen LogP contribution < -0.4 is 10.6 Å². The number of nitrogens with zero attached hydrogens (tertiary/aromatic N) is 1. The number of aliphatic carboxylic acids is 1. The summed E-state index contributed by atoms with van der Waals surface area (Å²) in [5.41, 5.74) is 4.23. The molecule has 0 bridgehead atoms. The summed E-state index contributed by atoms with van der Waals surface area (Å²) in [5, 5.41) is 15.4. The monoisotopic (exact) mass is 428 g/mol. The predicted octanol–water partition coefficient (Wildman–Crippen LogP) is 3.28. The number of hydrogen-bond donors (Lipinski definition) is 4. The SMILES string of the molecule is O=C(NC(Cc1ccccc1)C(=O)O)c1ccc(CNCc2nc3ccccc3[nH]2)cc1. The van der Waals surface area contributed by atoms with Gasteiger partial charge in [-0.2, -0.15) is 0 Å². The first-order valence-corrected chi connectivity index (χ1v) is 10.4. The largest absolute Gasteiger partial charge is 0.480 e. The van der Waals surface area contributed by atoms with E-state index in [1.807, 2.05) is 66.7 Å². The van der Waals surface area contributed by atoms with Gasteiger partial charge in [0.05, 0.1) is 17.6 Å². The van der Waals surface area contributed by atoms with Crippen molar-refractivity contribution in [2.75, 3.05) is 0 Å². The van der Waals surface area contributed by atoms with Gasteiger partial charge in [0, 0.05) is 18.5 Å². The molecule has 32 heavy (non-hydrogen) atoms. The normalized spacial score (nSPS) is 11.9. The molecule has 0 aliphatic rings. The first kappa shape index (κ1) is 21.3. The first-order chi connectivity index (χ1) is 15.6. The minimum absolute atomic E-state index is 0.228. The Kier molecular flexibility index (Phi) is 6.57. The molecule has 0 aliphatic heterocycles. The highest BCUT2D eigenvalue weighted by Gasteiger charge is 2.21. The van der Waals surface area contributed by atoms with Crippen molar-refractivity contribution in [3.8, 4) is 0 Å². The van der Waals surface area contributed by atoms with Crippen molar-refractivity contribution >= 4 is 22.9 Å². The van der Waals surface area contributed by atoms with Gasteiger partial charge in [0.25, 0.3) is 5.91 Å². The van der Waals surface area contributed by atoms with Gasteiger partial charge in [-0.05, 0) is 35.4 Å². The average Bonchev–Trinajstić information content (AvgIpc) is 3.22. The second-order valence-electron chi connectivity index (χ2n) is 7.56. The number of amides is 1. The minimum atomic E-state index is -1.06. The molecule has 162 valence electrons. The Balaban J connectivity index is 1.30. The van der Waals surface area contributed by atoms with Crippen molar-refractivity contribution in [1.82, 2.24) is 20.6 Å². The maximum Gasteiger partial charge on any atom is 0.326 e. The van der Waals surface area contributed by atoms with E-state index in [0.717, 1.165) is 28.0 Å². The van der Waals surface area contributed by atoms with Gasteiger partial charge >= 0.3 is 5.97 Å². The van der Waals surface area contributed by atoms with E-state index in [9.17, 15) is 14.7 Å². The number of imidazole rings is 1. The van der Waals surface area contributed by atoms with Gasteiger partial charge in [-0.25, -0.2) is 9.78 Å². The van der Waals surface area contributed by atoms with Crippen molar-refractivity contribution in [2.24, 2.45) is 0 Å². The molecule has 7 heteroatoms. The number of carboxylic acid groups (broad SMARTS) is 1. The van der Waals surface area contributed by atoms with Gasteiger partial charge in [-0.3, -0.25) is 4.79 Å². The van der Waals surface area contributed by atoms with Crippen LogP contribution in [0.5, 0.6) is 0 Å². The van der Waals surface area contributed by atoms with E-state index in [-0.39, 0.29) is 6.42 Å². The van der Waals surface area contributed by atoms with Gasteiger partial charge in [-0.15, -0.1) is 0 Å². The van der Waals surface area contributed by atoms with E-state index < -0.39 is 17.9 Å². The Bertz CT molecular complexity index is 1170. The molecule has 1 atom stereocenters. The number of fused-ring (bicyclic) bond motifs is 1. The van der Waals surface area contributed by atoms with E-state index in [4.69, 9.17) is 0 Å². The van der Waals surface area contributed by atoms with E-state index in [0.29, 0.717) is 18.7 Å². The van der Waals surface area contributed by atoms with Gasteiger partial charge in [0.15, 0.2) is 0 Å². The minimum Gasteiger partial charge on any atom is -0.480 e. The van der Waals surface area contributed by atoms with Crippen molar-refractivity contribution in [3.05, 3.63) is 101 Å². The van der Waals surface area contributed by atoms with Crippen LogP contribution in [0.3, 0.4) is 0 Å². The molecule has 1 heterocycles. The molecular formula is C25H24N4O3. The summed E-state index contributed by atoms with van der Waals surface area (Å²) in [6, 6.07) is 23.2. The van der Waals surface area contributed by atoms with Crippen LogP contribution in [0.1, 0.15) is 27.3 Å². The lowest BCUT2D eigenvalue weighted by molar-refractivity contribution is -0.139. The summed E-state index contributed by atoms with van der Waals surface area (Å²) in [5.74, 6) is -0.607. The quantitative estimate of drug-likeness (QED) is 0.327. The van der Waals surface area contributed by atoms with Crippen LogP contribution in [-0.4, -0.2) is 33.0 Å². The lowest BCUT2D eigenvalue weighted by Gasteiger charge is -2.15. The molecule has 0 saturated heterocycles. The van der Waals surface area contributed by atoms with Crippen molar-refractivity contribution in [3.63, 3.8) is 0 Å². The second-order valence-corrected chi connectivity index (χ2v) is 7.56. The zero-order chi connectivity index (χ0) is 22.3. The summed E-state index contributed by atoms with van der Waals surface area (Å²) < 4.78 is 0. The standard InChI is InChI=1S/C25H24N4O3/c30-24(29-22(25(31)32)14-17-6-2-1-3-7-17)19-12-10-18(11-13-19)15-26-16-23-27-20-8-4-5-9-21(20)28-23/h1-13,22,26H,14-16H2,(H,27,28)(H,29,30)(H,31,32). The number of nitrogens with one attached hydrogen (secondary N) is 3. The number of benzene rings is 3. The van der Waals surface area contributed by atoms with E-state index >= 15 is 0 Å². The number of aromatic nitrogens is 2. The Labute approximate surface area is 185 Å². The smallest absolute Gasteiger partial charge is 0.326 e. The highest BCUT2D eigenvalue weighted by Crippen LogP contribution is 2.11. The Morgan fingerprint density at radius 3 is 2.31 bits per heavy atom. The highest BCUT2D eigenvalue weighted by atomic mass is 16.4. The van der Waals surface area contributed by atoms with Gasteiger partial charge in [0.2, 0.25) is 0 Å². The van der Waals surface area contributed by atoms with E-state index in [2.05, 4.69) is 20.6 Å². The molecule has 1 amide bonds. The van der Waals surface area contributed by atoms with Crippen LogP contribution >= 0.6 is 0 Å². The van der Waals surface area contributed by atoms with Crippen molar-refractivity contribution < 1.29 is 14.7 Å². The molecule has 0 radical (unpaired) electrons. The van der Waals surface area contributed by atoms with Gasteiger partial charge < -0.3 is 20.7 Å². The Morgan fingerprint density at radius 1 is 0.875 bits per heavy atom. The van der Waals surface area contributed by atoms with Crippen LogP contribution in [-0.2, 0) is 24.3 Å². The summed E-state index contributed by atoms with van der Waals surface area (Å²) in [6.07, 6.45) is 0.228. The van der Waals surface area contributed by atoms with E-state index in [1.165, 1.54) is 0 Å². The molecule has 1 aromatic heterocycles. The number of hydrogen-bond acceptors (Lipinski definition) is 4. The van der Waals surface area contributed by atoms with Crippen LogP contribution in [0.4, 0.5) is 0 Å². The molecule has 4 N–H and O–H groups in total. The number of aromatic amines is 1. The lowest BCUT2D eigenvalue weighted by atomic mass is 10.1. The average molecular weight is 428 g/mol. The number of carbonyl (C=O) groups excluding carboxylic acids is 1. The van der Waals surface area contributed by atoms with E-state index in [1.54, 1.807) is 12.1 Å². The molecule has 0 aliphatic carbocycles. The molecule has 4 aromatic rings. The predicted molar refractivity (Wildman–Crippen MR) is 122 cm³/mol. The summed E-state index contributed by atoms with van der Waals surface area (Å²) in [6.45, 7) is 1.21. The zero-order valence-corrected chi connectivity index (χ0v) is 17.4. The third kappa shape index (κ3) is 5.39. The maximum atomic E-state index is 12.5. The number of carboxylic acids is 1. The Morgan fingerprint density at radius 2 is 1.59 bits per heavy atom. The molecule has 7 nitrogen and oxygen atoms in total. The van der Waals surface area contributed by atoms with Gasteiger partial charge in [-0.1, -0.05) is 54.6 Å². The highest BCUT2D eigenvalue weighted by molar-refractivity contribution is 5.96. The number of para-hydroxylation sites is 2. The van der Waals surface area contributed by atoms with Gasteiger partial charge in [0.1, 0.15) is 11.9 Å². The number of H-pyrrole nitrogens is 1. The Hall–Kier alpha value is -3.97. The molecular weight excluding hydrogens is 404 g/mol.